The number of aromatic nitrogens is 5. The fourth-order valence-electron chi connectivity index (χ4n) is 3.36. The van der Waals surface area contributed by atoms with E-state index in [0.29, 0.717) is 34.0 Å². The maximum atomic E-state index is 12.4. The first kappa shape index (κ1) is 17.7. The number of benzene rings is 1. The Hall–Kier alpha value is -3.75. The third-order valence-corrected chi connectivity index (χ3v) is 4.80. The molecule has 3 aromatic heterocycles. The number of hydrogen-bond acceptors (Lipinski definition) is 5. The molecule has 3 heterocycles. The quantitative estimate of drug-likeness (QED) is 0.421. The zero-order valence-corrected chi connectivity index (χ0v) is 15.5. The molecule has 4 rings (SSSR count). The molecule has 144 valence electrons. The lowest BCUT2D eigenvalue weighted by Gasteiger charge is -2.11. The van der Waals surface area contributed by atoms with Gasteiger partial charge in [-0.05, 0) is 38.1 Å². The zero-order valence-electron chi connectivity index (χ0n) is 15.5. The summed E-state index contributed by atoms with van der Waals surface area (Å²) in [6, 6.07) is 9.10. The minimum absolute atomic E-state index is 0.315. The fourth-order valence-corrected chi connectivity index (χ4v) is 3.36. The monoisotopic (exact) mass is 381 g/mol. The number of rotatable bonds is 5. The van der Waals surface area contributed by atoms with Gasteiger partial charge < -0.3 is 19.5 Å². The average Bonchev–Trinajstić information content (AvgIpc) is 3.39. The van der Waals surface area contributed by atoms with E-state index in [9.17, 15) is 9.59 Å². The predicted molar refractivity (Wildman–Crippen MR) is 102 cm³/mol. The second-order valence-corrected chi connectivity index (χ2v) is 6.51. The van der Waals surface area contributed by atoms with Crippen molar-refractivity contribution >= 4 is 0 Å². The van der Waals surface area contributed by atoms with E-state index in [-0.39, 0.29) is 11.1 Å². The molecule has 0 amide bonds. The van der Waals surface area contributed by atoms with Gasteiger partial charge in [-0.1, -0.05) is 5.16 Å². The summed E-state index contributed by atoms with van der Waals surface area (Å²) in [7, 11) is 1.60. The van der Waals surface area contributed by atoms with Gasteiger partial charge in [0, 0.05) is 23.0 Å². The van der Waals surface area contributed by atoms with Crippen molar-refractivity contribution in [2.24, 2.45) is 0 Å². The van der Waals surface area contributed by atoms with Gasteiger partial charge in [0.15, 0.2) is 0 Å². The Morgan fingerprint density at radius 2 is 1.50 bits per heavy atom. The number of aryl methyl sites for hydroxylation is 2. The molecule has 0 bridgehead atoms. The smallest absolute Gasteiger partial charge is 0.268 e. The Labute approximate surface area is 158 Å². The molecule has 0 saturated heterocycles. The van der Waals surface area contributed by atoms with Crippen molar-refractivity contribution in [2.75, 3.05) is 7.11 Å². The third-order valence-electron chi connectivity index (χ3n) is 4.80. The predicted octanol–water partition coefficient (Wildman–Crippen LogP) is 2.18. The molecular weight excluding hydrogens is 362 g/mol. The summed E-state index contributed by atoms with van der Waals surface area (Å²) in [6.07, 6.45) is 0. The van der Waals surface area contributed by atoms with E-state index in [1.165, 1.54) is 0 Å². The van der Waals surface area contributed by atoms with Crippen LogP contribution in [0.25, 0.3) is 11.3 Å². The summed E-state index contributed by atoms with van der Waals surface area (Å²) in [5.74, 6) is 0.422. The largest absolute Gasteiger partial charge is 0.497 e. The summed E-state index contributed by atoms with van der Waals surface area (Å²) in [5.41, 5.74) is 2.85. The van der Waals surface area contributed by atoms with Crippen LogP contribution in [-0.4, -0.2) is 32.7 Å². The van der Waals surface area contributed by atoms with Gasteiger partial charge in [0.05, 0.1) is 24.2 Å². The molecule has 0 radical (unpaired) electrons. The molecule has 0 aliphatic heterocycles. The van der Waals surface area contributed by atoms with E-state index in [2.05, 4.69) is 25.6 Å². The summed E-state index contributed by atoms with van der Waals surface area (Å²) in [4.78, 5) is 24.9. The molecule has 9 nitrogen and oxygen atoms in total. The minimum Gasteiger partial charge on any atom is -0.497 e. The normalized spacial score (nSPS) is 11.3. The molecule has 0 atom stereocenters. The Balaban J connectivity index is 1.85. The average molecular weight is 381 g/mol. The van der Waals surface area contributed by atoms with E-state index in [0.717, 1.165) is 11.3 Å². The van der Waals surface area contributed by atoms with Gasteiger partial charge in [-0.3, -0.25) is 19.8 Å². The second-order valence-electron chi connectivity index (χ2n) is 6.51. The van der Waals surface area contributed by atoms with Crippen LogP contribution in [0.2, 0.25) is 0 Å². The van der Waals surface area contributed by atoms with Crippen molar-refractivity contribution in [2.45, 2.75) is 19.8 Å². The van der Waals surface area contributed by atoms with Gasteiger partial charge in [0.25, 0.3) is 11.1 Å². The lowest BCUT2D eigenvalue weighted by molar-refractivity contribution is 0.381. The number of hydrogen-bond donors (Lipinski definition) is 4. The van der Waals surface area contributed by atoms with Gasteiger partial charge in [0.1, 0.15) is 17.2 Å². The molecule has 0 aliphatic carbocycles. The van der Waals surface area contributed by atoms with Crippen molar-refractivity contribution < 1.29 is 9.26 Å². The van der Waals surface area contributed by atoms with Crippen LogP contribution in [0.1, 0.15) is 34.2 Å². The SMILES string of the molecule is COc1ccc(-c2cc(C(c3c(C)[nH][nH]c3=O)c3c(C)[nH][nH]c3=O)on2)cc1. The Bertz CT molecular complexity index is 1170. The van der Waals surface area contributed by atoms with Crippen LogP contribution in [0.3, 0.4) is 0 Å². The van der Waals surface area contributed by atoms with Gasteiger partial charge in [0.2, 0.25) is 0 Å². The molecular formula is C19H19N5O4. The van der Waals surface area contributed by atoms with Crippen molar-refractivity contribution in [3.63, 3.8) is 0 Å². The topological polar surface area (TPSA) is 133 Å². The van der Waals surface area contributed by atoms with E-state index in [4.69, 9.17) is 9.26 Å². The Morgan fingerprint density at radius 3 is 1.96 bits per heavy atom. The number of H-pyrrole nitrogens is 4. The fraction of sp³-hybridized carbons (Fsp3) is 0.211. The van der Waals surface area contributed by atoms with E-state index in [1.54, 1.807) is 27.0 Å². The molecule has 28 heavy (non-hydrogen) atoms. The van der Waals surface area contributed by atoms with Crippen LogP contribution in [0.15, 0.2) is 44.4 Å². The number of aromatic amines is 4. The lowest BCUT2D eigenvalue weighted by atomic mass is 9.89. The van der Waals surface area contributed by atoms with Crippen LogP contribution in [0, 0.1) is 13.8 Å². The van der Waals surface area contributed by atoms with Gasteiger partial charge in [-0.2, -0.15) is 0 Å². The Kier molecular flexibility index (Phi) is 4.26. The van der Waals surface area contributed by atoms with Gasteiger partial charge in [-0.15, -0.1) is 0 Å². The van der Waals surface area contributed by atoms with Crippen molar-refractivity contribution in [1.82, 2.24) is 25.6 Å². The third kappa shape index (κ3) is 2.86. The summed E-state index contributed by atoms with van der Waals surface area (Å²) in [6.45, 7) is 3.52. The second kappa shape index (κ2) is 6.76. The van der Waals surface area contributed by atoms with Crippen LogP contribution in [0.4, 0.5) is 0 Å². The standard InChI is InChI=1S/C19H19N5O4/c1-9-15(18(25)22-20-9)17(16-10(2)21-23-19(16)26)14-8-13(24-28-14)11-4-6-12(27-3)7-5-11/h4-8,17H,1-3H3,(H2,20,22,25)(H2,21,23,26). The number of methoxy groups -OCH3 is 1. The molecule has 4 N–H and O–H groups in total. The summed E-state index contributed by atoms with van der Waals surface area (Å²) in [5, 5.41) is 14.9. The lowest BCUT2D eigenvalue weighted by Crippen LogP contribution is -2.19. The number of nitrogens with one attached hydrogen (secondary N) is 4. The first-order chi connectivity index (χ1) is 13.5. The van der Waals surface area contributed by atoms with Crippen LogP contribution >= 0.6 is 0 Å². The molecule has 9 heteroatoms. The van der Waals surface area contributed by atoms with E-state index < -0.39 is 5.92 Å². The maximum Gasteiger partial charge on any atom is 0.268 e. The van der Waals surface area contributed by atoms with Crippen LogP contribution in [0.5, 0.6) is 5.75 Å². The first-order valence-electron chi connectivity index (χ1n) is 8.65. The zero-order chi connectivity index (χ0) is 19.8. The van der Waals surface area contributed by atoms with Gasteiger partial charge in [-0.25, -0.2) is 0 Å². The summed E-state index contributed by atoms with van der Waals surface area (Å²) >= 11 is 0. The Morgan fingerprint density at radius 1 is 0.929 bits per heavy atom. The highest BCUT2D eigenvalue weighted by Crippen LogP contribution is 2.33. The van der Waals surface area contributed by atoms with Crippen molar-refractivity contribution in [3.8, 4) is 17.0 Å². The van der Waals surface area contributed by atoms with E-state index >= 15 is 0 Å². The highest BCUT2D eigenvalue weighted by Gasteiger charge is 2.31. The van der Waals surface area contributed by atoms with Crippen LogP contribution in [-0.2, 0) is 0 Å². The molecule has 0 saturated carbocycles. The van der Waals surface area contributed by atoms with Gasteiger partial charge >= 0.3 is 0 Å². The molecule has 0 fully saturated rings. The molecule has 1 aromatic carbocycles. The molecule has 0 unspecified atom stereocenters. The van der Waals surface area contributed by atoms with Crippen molar-refractivity contribution in [3.05, 3.63) is 79.3 Å². The van der Waals surface area contributed by atoms with Crippen LogP contribution < -0.4 is 15.9 Å². The first-order valence-corrected chi connectivity index (χ1v) is 8.65. The maximum absolute atomic E-state index is 12.4. The van der Waals surface area contributed by atoms with Crippen molar-refractivity contribution in [1.29, 1.82) is 0 Å². The highest BCUT2D eigenvalue weighted by atomic mass is 16.5. The minimum atomic E-state index is -0.704. The number of nitrogens with zero attached hydrogens (tertiary/aromatic N) is 1. The molecule has 0 spiro atoms. The highest BCUT2D eigenvalue weighted by molar-refractivity contribution is 5.60. The van der Waals surface area contributed by atoms with E-state index in [1.807, 2.05) is 24.3 Å². The summed E-state index contributed by atoms with van der Waals surface area (Å²) < 4.78 is 10.8. The molecule has 4 aromatic rings. The molecule has 0 aliphatic rings. The number of ether oxygens (including phenoxy) is 1.